The van der Waals surface area contributed by atoms with E-state index in [1.54, 1.807) is 50.6 Å². The number of ether oxygens (including phenoxy) is 2. The predicted molar refractivity (Wildman–Crippen MR) is 126 cm³/mol. The largest absolute Gasteiger partial charge is 0.497 e. The number of likely N-dealkylation sites (tertiary alicyclic amines) is 1. The number of carbonyl (C=O) groups excluding carboxylic acids is 1. The number of nitrogens with one attached hydrogen (secondary N) is 1. The van der Waals surface area contributed by atoms with Gasteiger partial charge in [-0.3, -0.25) is 9.69 Å². The third kappa shape index (κ3) is 5.58. The molecule has 1 aromatic heterocycles. The Kier molecular flexibility index (Phi) is 7.37. The molecule has 4 rings (SSSR count). The fourth-order valence-corrected chi connectivity index (χ4v) is 4.34. The van der Waals surface area contributed by atoms with E-state index in [1.807, 2.05) is 0 Å². The topological polar surface area (TPSA) is 89.7 Å². The van der Waals surface area contributed by atoms with E-state index in [9.17, 15) is 4.79 Å². The van der Waals surface area contributed by atoms with Gasteiger partial charge in [-0.25, -0.2) is 0 Å². The number of rotatable bonds is 7. The van der Waals surface area contributed by atoms with Crippen molar-refractivity contribution in [1.29, 1.82) is 0 Å². The molecule has 0 saturated carbocycles. The second-order valence-electron chi connectivity index (χ2n) is 7.77. The zero-order valence-corrected chi connectivity index (χ0v) is 19.8. The van der Waals surface area contributed by atoms with Gasteiger partial charge in [-0.05, 0) is 49.7 Å². The molecule has 1 atom stereocenters. The van der Waals surface area contributed by atoms with Gasteiger partial charge in [-0.1, -0.05) is 28.4 Å². The highest BCUT2D eigenvalue weighted by atomic mass is 35.5. The molecule has 0 radical (unpaired) electrons. The highest BCUT2D eigenvalue weighted by molar-refractivity contribution is 6.36. The molecule has 0 spiro atoms. The maximum absolute atomic E-state index is 13.0. The molecule has 1 unspecified atom stereocenters. The van der Waals surface area contributed by atoms with Gasteiger partial charge in [0.15, 0.2) is 0 Å². The van der Waals surface area contributed by atoms with E-state index >= 15 is 0 Å². The van der Waals surface area contributed by atoms with Gasteiger partial charge in [-0.15, -0.1) is 0 Å². The minimum atomic E-state index is -0.178. The van der Waals surface area contributed by atoms with E-state index in [-0.39, 0.29) is 11.8 Å². The summed E-state index contributed by atoms with van der Waals surface area (Å²) < 4.78 is 16.0. The molecular formula is C23H24Cl2N4O4. The molecule has 1 amide bonds. The number of hydrogen-bond donors (Lipinski definition) is 1. The molecule has 10 heteroatoms. The minimum Gasteiger partial charge on any atom is -0.497 e. The number of piperidine rings is 1. The first-order valence-electron chi connectivity index (χ1n) is 10.5. The van der Waals surface area contributed by atoms with Gasteiger partial charge in [0.1, 0.15) is 11.5 Å². The number of aromatic nitrogens is 2. The van der Waals surface area contributed by atoms with Crippen LogP contribution in [0.25, 0.3) is 11.4 Å². The number of anilines is 1. The van der Waals surface area contributed by atoms with Gasteiger partial charge in [0.05, 0.1) is 37.4 Å². The number of amides is 1. The van der Waals surface area contributed by atoms with E-state index < -0.39 is 0 Å². The van der Waals surface area contributed by atoms with Crippen molar-refractivity contribution in [2.45, 2.75) is 19.4 Å². The standard InChI is InChI=1S/C23H24Cl2N4O4/c1-31-16-6-8-20(32-2)19(11-16)26-23(30)14-4-3-9-29(12-14)13-21-27-22(28-33-21)17-7-5-15(24)10-18(17)25/h5-8,10-11,14H,3-4,9,12-13H2,1-2H3,(H,26,30). The van der Waals surface area contributed by atoms with Crippen LogP contribution in [-0.4, -0.2) is 48.3 Å². The summed E-state index contributed by atoms with van der Waals surface area (Å²) in [6, 6.07) is 10.4. The van der Waals surface area contributed by atoms with Crippen LogP contribution >= 0.6 is 23.2 Å². The van der Waals surface area contributed by atoms with E-state index in [0.29, 0.717) is 57.6 Å². The van der Waals surface area contributed by atoms with Crippen LogP contribution in [0.5, 0.6) is 11.5 Å². The summed E-state index contributed by atoms with van der Waals surface area (Å²) in [4.78, 5) is 19.6. The Labute approximate surface area is 201 Å². The second-order valence-corrected chi connectivity index (χ2v) is 8.61. The summed E-state index contributed by atoms with van der Waals surface area (Å²) in [6.45, 7) is 1.87. The molecule has 3 aromatic rings. The molecule has 1 saturated heterocycles. The van der Waals surface area contributed by atoms with E-state index in [1.165, 1.54) is 0 Å². The van der Waals surface area contributed by atoms with Crippen molar-refractivity contribution < 1.29 is 18.8 Å². The molecular weight excluding hydrogens is 467 g/mol. The summed E-state index contributed by atoms with van der Waals surface area (Å²) in [7, 11) is 3.14. The van der Waals surface area contributed by atoms with Crippen LogP contribution in [0.1, 0.15) is 18.7 Å². The zero-order valence-electron chi connectivity index (χ0n) is 18.3. The second kappa shape index (κ2) is 10.4. The highest BCUT2D eigenvalue weighted by Gasteiger charge is 2.28. The molecule has 0 bridgehead atoms. The summed E-state index contributed by atoms with van der Waals surface area (Å²) in [5.74, 6) is 1.85. The van der Waals surface area contributed by atoms with Crippen LogP contribution in [0.4, 0.5) is 5.69 Å². The molecule has 2 aromatic carbocycles. The van der Waals surface area contributed by atoms with Crippen LogP contribution in [-0.2, 0) is 11.3 Å². The van der Waals surface area contributed by atoms with Gasteiger partial charge in [0.25, 0.3) is 0 Å². The fraction of sp³-hybridized carbons (Fsp3) is 0.348. The predicted octanol–water partition coefficient (Wildman–Crippen LogP) is 4.91. The van der Waals surface area contributed by atoms with Gasteiger partial charge in [0.2, 0.25) is 17.6 Å². The molecule has 2 heterocycles. The quantitative estimate of drug-likeness (QED) is 0.502. The highest BCUT2D eigenvalue weighted by Crippen LogP contribution is 2.31. The summed E-state index contributed by atoms with van der Waals surface area (Å²) in [5.41, 5.74) is 1.24. The number of nitrogens with zero attached hydrogens (tertiary/aromatic N) is 3. The maximum Gasteiger partial charge on any atom is 0.241 e. The minimum absolute atomic E-state index is 0.0644. The van der Waals surface area contributed by atoms with Gasteiger partial charge >= 0.3 is 0 Å². The third-order valence-electron chi connectivity index (χ3n) is 5.54. The van der Waals surface area contributed by atoms with Gasteiger partial charge in [-0.2, -0.15) is 4.98 Å². The third-order valence-corrected chi connectivity index (χ3v) is 6.09. The van der Waals surface area contributed by atoms with Crippen molar-refractivity contribution in [3.8, 4) is 22.9 Å². The Hall–Kier alpha value is -2.81. The first kappa shape index (κ1) is 23.4. The van der Waals surface area contributed by atoms with Gasteiger partial charge in [0, 0.05) is 23.2 Å². The fourth-order valence-electron chi connectivity index (χ4n) is 3.85. The van der Waals surface area contributed by atoms with Crippen LogP contribution < -0.4 is 14.8 Å². The Balaban J connectivity index is 1.40. The number of hydrogen-bond acceptors (Lipinski definition) is 7. The van der Waals surface area contributed by atoms with Crippen LogP contribution in [0.3, 0.4) is 0 Å². The molecule has 33 heavy (non-hydrogen) atoms. The SMILES string of the molecule is COc1ccc(OC)c(NC(=O)C2CCCN(Cc3nc(-c4ccc(Cl)cc4Cl)no3)C2)c1. The van der Waals surface area contributed by atoms with E-state index in [4.69, 9.17) is 37.2 Å². The van der Waals surface area contributed by atoms with Crippen molar-refractivity contribution in [2.75, 3.05) is 32.6 Å². The van der Waals surface area contributed by atoms with Gasteiger partial charge < -0.3 is 19.3 Å². The van der Waals surface area contributed by atoms with Crippen LogP contribution in [0, 0.1) is 5.92 Å². The van der Waals surface area contributed by atoms with Crippen LogP contribution in [0.2, 0.25) is 10.0 Å². The smallest absolute Gasteiger partial charge is 0.241 e. The van der Waals surface area contributed by atoms with Crippen molar-refractivity contribution >= 4 is 34.8 Å². The Bertz CT molecular complexity index is 1140. The van der Waals surface area contributed by atoms with Crippen molar-refractivity contribution in [3.05, 3.63) is 52.3 Å². The zero-order chi connectivity index (χ0) is 23.4. The first-order chi connectivity index (χ1) is 16.0. The Morgan fingerprint density at radius 2 is 2.06 bits per heavy atom. The number of benzene rings is 2. The summed E-state index contributed by atoms with van der Waals surface area (Å²) >= 11 is 12.2. The van der Waals surface area contributed by atoms with E-state index in [2.05, 4.69) is 20.4 Å². The molecule has 0 aliphatic carbocycles. The molecule has 174 valence electrons. The normalized spacial score (nSPS) is 16.4. The van der Waals surface area contributed by atoms with Crippen molar-refractivity contribution in [1.82, 2.24) is 15.0 Å². The lowest BCUT2D eigenvalue weighted by atomic mass is 9.97. The lowest BCUT2D eigenvalue weighted by molar-refractivity contribution is -0.121. The molecule has 8 nitrogen and oxygen atoms in total. The number of halogens is 2. The summed E-state index contributed by atoms with van der Waals surface area (Å²) in [5, 5.41) is 8.02. The number of carbonyl (C=O) groups is 1. The lowest BCUT2D eigenvalue weighted by Gasteiger charge is -2.31. The Morgan fingerprint density at radius 3 is 2.82 bits per heavy atom. The molecule has 1 aliphatic heterocycles. The molecule has 1 fully saturated rings. The average Bonchev–Trinajstić information content (AvgIpc) is 3.27. The molecule has 1 aliphatic rings. The number of methoxy groups -OCH3 is 2. The summed E-state index contributed by atoms with van der Waals surface area (Å²) in [6.07, 6.45) is 1.68. The van der Waals surface area contributed by atoms with Crippen molar-refractivity contribution in [3.63, 3.8) is 0 Å². The molecule has 1 N–H and O–H groups in total. The van der Waals surface area contributed by atoms with Crippen molar-refractivity contribution in [2.24, 2.45) is 5.92 Å². The average molecular weight is 491 g/mol. The van der Waals surface area contributed by atoms with Crippen LogP contribution in [0.15, 0.2) is 40.9 Å². The first-order valence-corrected chi connectivity index (χ1v) is 11.3. The monoisotopic (exact) mass is 490 g/mol. The maximum atomic E-state index is 13.0. The lowest BCUT2D eigenvalue weighted by Crippen LogP contribution is -2.40. The van der Waals surface area contributed by atoms with E-state index in [0.717, 1.165) is 19.4 Å². The Morgan fingerprint density at radius 1 is 1.21 bits per heavy atom.